The molecule has 0 aliphatic carbocycles. The van der Waals surface area contributed by atoms with Gasteiger partial charge in [0.2, 0.25) is 0 Å². The second kappa shape index (κ2) is 5.14. The van der Waals surface area contributed by atoms with E-state index in [1.165, 1.54) is 6.20 Å². The summed E-state index contributed by atoms with van der Waals surface area (Å²) < 4.78 is 1.80. The van der Waals surface area contributed by atoms with Gasteiger partial charge in [-0.1, -0.05) is 24.3 Å². The standard InChI is InChI=1S/C18H13N3O2/c22-18(23)16-10-19-17-7-6-12(8-15(16)17)13-9-20-21(11-13)14-4-2-1-3-5-14/h1-11,19H,(H,22,23). The van der Waals surface area contributed by atoms with Crippen molar-refractivity contribution in [2.24, 2.45) is 0 Å². The van der Waals surface area contributed by atoms with Crippen LogP contribution in [0.25, 0.3) is 27.7 Å². The quantitative estimate of drug-likeness (QED) is 0.606. The van der Waals surface area contributed by atoms with Gasteiger partial charge in [0.15, 0.2) is 0 Å². The lowest BCUT2D eigenvalue weighted by Crippen LogP contribution is -1.93. The molecule has 0 atom stereocenters. The summed E-state index contributed by atoms with van der Waals surface area (Å²) >= 11 is 0. The van der Waals surface area contributed by atoms with Gasteiger partial charge >= 0.3 is 5.97 Å². The van der Waals surface area contributed by atoms with E-state index in [4.69, 9.17) is 0 Å². The van der Waals surface area contributed by atoms with Crippen LogP contribution in [-0.2, 0) is 0 Å². The average molecular weight is 303 g/mol. The number of nitrogens with zero attached hydrogens (tertiary/aromatic N) is 2. The molecule has 0 aliphatic rings. The fraction of sp³-hybridized carbons (Fsp3) is 0. The van der Waals surface area contributed by atoms with Crippen LogP contribution in [0, 0.1) is 0 Å². The third kappa shape index (κ3) is 2.28. The van der Waals surface area contributed by atoms with Gasteiger partial charge in [0.25, 0.3) is 0 Å². The summed E-state index contributed by atoms with van der Waals surface area (Å²) in [6.07, 6.45) is 5.23. The Labute approximate surface area is 131 Å². The van der Waals surface area contributed by atoms with Crippen LogP contribution < -0.4 is 0 Å². The molecular formula is C18H13N3O2. The van der Waals surface area contributed by atoms with Crippen molar-refractivity contribution in [3.8, 4) is 16.8 Å². The van der Waals surface area contributed by atoms with Crippen molar-refractivity contribution in [2.45, 2.75) is 0 Å². The summed E-state index contributed by atoms with van der Waals surface area (Å²) in [4.78, 5) is 14.3. The molecule has 2 heterocycles. The van der Waals surface area contributed by atoms with Crippen molar-refractivity contribution in [1.82, 2.24) is 14.8 Å². The summed E-state index contributed by atoms with van der Waals surface area (Å²) in [7, 11) is 0. The Kier molecular flexibility index (Phi) is 2.98. The number of aromatic nitrogens is 3. The molecule has 0 saturated carbocycles. The van der Waals surface area contributed by atoms with Gasteiger partial charge < -0.3 is 10.1 Å². The smallest absolute Gasteiger partial charge is 0.337 e. The molecule has 112 valence electrons. The molecule has 0 radical (unpaired) electrons. The van der Waals surface area contributed by atoms with Crippen LogP contribution in [-0.4, -0.2) is 25.8 Å². The summed E-state index contributed by atoms with van der Waals surface area (Å²) in [5.41, 5.74) is 3.93. The molecule has 0 saturated heterocycles. The fourth-order valence-electron chi connectivity index (χ4n) is 2.67. The lowest BCUT2D eigenvalue weighted by Gasteiger charge is -2.00. The number of benzene rings is 2. The molecule has 4 aromatic rings. The molecule has 5 nitrogen and oxygen atoms in total. The van der Waals surface area contributed by atoms with Gasteiger partial charge in [0.05, 0.1) is 17.4 Å². The van der Waals surface area contributed by atoms with E-state index in [-0.39, 0.29) is 5.56 Å². The third-order valence-electron chi connectivity index (χ3n) is 3.85. The SMILES string of the molecule is O=C(O)c1c[nH]c2ccc(-c3cnn(-c4ccccc4)c3)cc12. The van der Waals surface area contributed by atoms with Gasteiger partial charge in [0.1, 0.15) is 0 Å². The molecule has 2 N–H and O–H groups in total. The highest BCUT2D eigenvalue weighted by molar-refractivity contribution is 6.04. The Morgan fingerprint density at radius 1 is 1.09 bits per heavy atom. The lowest BCUT2D eigenvalue weighted by atomic mass is 10.1. The number of hydrogen-bond acceptors (Lipinski definition) is 2. The number of nitrogens with one attached hydrogen (secondary N) is 1. The average Bonchev–Trinajstić information content (AvgIpc) is 3.22. The molecule has 5 heteroatoms. The number of hydrogen-bond donors (Lipinski definition) is 2. The van der Waals surface area contributed by atoms with Crippen LogP contribution in [0.15, 0.2) is 67.1 Å². The van der Waals surface area contributed by atoms with Crippen molar-refractivity contribution >= 4 is 16.9 Å². The Morgan fingerprint density at radius 3 is 2.70 bits per heavy atom. The monoisotopic (exact) mass is 303 g/mol. The molecule has 4 rings (SSSR count). The van der Waals surface area contributed by atoms with E-state index in [1.807, 2.05) is 54.7 Å². The van der Waals surface area contributed by atoms with Crippen molar-refractivity contribution < 1.29 is 9.90 Å². The normalized spacial score (nSPS) is 11.0. The van der Waals surface area contributed by atoms with Crippen LogP contribution in [0.2, 0.25) is 0 Å². The third-order valence-corrected chi connectivity index (χ3v) is 3.85. The Bertz CT molecular complexity index is 999. The number of carbonyl (C=O) groups is 1. The number of H-pyrrole nitrogens is 1. The minimum Gasteiger partial charge on any atom is -0.478 e. The van der Waals surface area contributed by atoms with Gasteiger partial charge in [-0.2, -0.15) is 5.10 Å². The summed E-state index contributed by atoms with van der Waals surface area (Å²) in [6, 6.07) is 15.6. The van der Waals surface area contributed by atoms with Crippen molar-refractivity contribution in [3.63, 3.8) is 0 Å². The highest BCUT2D eigenvalue weighted by atomic mass is 16.4. The molecule has 0 unspecified atom stereocenters. The highest BCUT2D eigenvalue weighted by Gasteiger charge is 2.12. The van der Waals surface area contributed by atoms with Crippen molar-refractivity contribution in [3.05, 3.63) is 72.7 Å². The van der Waals surface area contributed by atoms with Crippen LogP contribution in [0.1, 0.15) is 10.4 Å². The van der Waals surface area contributed by atoms with Gasteiger partial charge in [-0.15, -0.1) is 0 Å². The first kappa shape index (κ1) is 13.3. The number of rotatable bonds is 3. The van der Waals surface area contributed by atoms with Gasteiger partial charge in [-0.3, -0.25) is 0 Å². The molecule has 2 aromatic carbocycles. The van der Waals surface area contributed by atoms with Crippen LogP contribution in [0.4, 0.5) is 0 Å². The number of carboxylic acids is 1. The maximum absolute atomic E-state index is 11.3. The van der Waals surface area contributed by atoms with Crippen LogP contribution in [0.3, 0.4) is 0 Å². The second-order valence-corrected chi connectivity index (χ2v) is 5.28. The Morgan fingerprint density at radius 2 is 1.91 bits per heavy atom. The van der Waals surface area contributed by atoms with Gasteiger partial charge in [-0.05, 0) is 29.8 Å². The van der Waals surface area contributed by atoms with Crippen molar-refractivity contribution in [1.29, 1.82) is 0 Å². The number of fused-ring (bicyclic) bond motifs is 1. The molecule has 2 aromatic heterocycles. The number of aromatic carboxylic acids is 1. The predicted molar refractivity (Wildman–Crippen MR) is 87.8 cm³/mol. The zero-order valence-electron chi connectivity index (χ0n) is 12.1. The molecular weight excluding hydrogens is 290 g/mol. The minimum atomic E-state index is -0.937. The first-order valence-corrected chi connectivity index (χ1v) is 7.17. The number of carboxylic acid groups (broad SMARTS) is 1. The molecule has 0 spiro atoms. The lowest BCUT2D eigenvalue weighted by molar-refractivity contribution is 0.0699. The maximum Gasteiger partial charge on any atom is 0.337 e. The Hall–Kier alpha value is -3.34. The molecule has 0 amide bonds. The molecule has 23 heavy (non-hydrogen) atoms. The van der Waals surface area contributed by atoms with Gasteiger partial charge in [0, 0.05) is 28.9 Å². The van der Waals surface area contributed by atoms with Crippen LogP contribution >= 0.6 is 0 Å². The van der Waals surface area contributed by atoms with Crippen LogP contribution in [0.5, 0.6) is 0 Å². The first-order valence-electron chi connectivity index (χ1n) is 7.17. The van der Waals surface area contributed by atoms with E-state index in [1.54, 1.807) is 10.9 Å². The minimum absolute atomic E-state index is 0.275. The summed E-state index contributed by atoms with van der Waals surface area (Å²) in [6.45, 7) is 0. The summed E-state index contributed by atoms with van der Waals surface area (Å²) in [5.74, 6) is -0.937. The molecule has 0 fully saturated rings. The van der Waals surface area contributed by atoms with Crippen molar-refractivity contribution in [2.75, 3.05) is 0 Å². The van der Waals surface area contributed by atoms with E-state index in [0.717, 1.165) is 22.3 Å². The predicted octanol–water partition coefficient (Wildman–Crippen LogP) is 3.72. The maximum atomic E-state index is 11.3. The zero-order chi connectivity index (χ0) is 15.8. The fourth-order valence-corrected chi connectivity index (χ4v) is 2.67. The first-order chi connectivity index (χ1) is 11.2. The number of aromatic amines is 1. The molecule has 0 aliphatic heterocycles. The summed E-state index contributed by atoms with van der Waals surface area (Å²) in [5, 5.41) is 14.3. The topological polar surface area (TPSA) is 70.9 Å². The zero-order valence-corrected chi connectivity index (χ0v) is 12.1. The second-order valence-electron chi connectivity index (χ2n) is 5.28. The van der Waals surface area contributed by atoms with Gasteiger partial charge in [-0.25, -0.2) is 9.48 Å². The highest BCUT2D eigenvalue weighted by Crippen LogP contribution is 2.26. The largest absolute Gasteiger partial charge is 0.478 e. The number of para-hydroxylation sites is 1. The van der Waals surface area contributed by atoms with E-state index >= 15 is 0 Å². The molecule has 0 bridgehead atoms. The van der Waals surface area contributed by atoms with E-state index < -0.39 is 5.97 Å². The van der Waals surface area contributed by atoms with E-state index in [0.29, 0.717) is 5.39 Å². The van der Waals surface area contributed by atoms with E-state index in [2.05, 4.69) is 10.1 Å². The Balaban J connectivity index is 1.79. The van der Waals surface area contributed by atoms with E-state index in [9.17, 15) is 9.90 Å².